The van der Waals surface area contributed by atoms with E-state index in [0.717, 1.165) is 18.4 Å². The van der Waals surface area contributed by atoms with Crippen molar-refractivity contribution in [3.05, 3.63) is 46.2 Å². The molecule has 1 atom stereocenters. The molecular weight excluding hydrogens is 364 g/mol. The number of thiophene rings is 1. The van der Waals surface area contributed by atoms with E-state index in [-0.39, 0.29) is 11.8 Å². The Bertz CT molecular complexity index is 791. The van der Waals surface area contributed by atoms with Gasteiger partial charge in [-0.3, -0.25) is 9.59 Å². The molecule has 0 saturated carbocycles. The van der Waals surface area contributed by atoms with Crippen molar-refractivity contribution in [1.29, 1.82) is 0 Å². The molecule has 0 radical (unpaired) electrons. The summed E-state index contributed by atoms with van der Waals surface area (Å²) in [5.41, 5.74) is 0.910. The molecule has 27 heavy (non-hydrogen) atoms. The zero-order valence-corrected chi connectivity index (χ0v) is 16.4. The average Bonchev–Trinajstić information content (AvgIpc) is 3.26. The predicted molar refractivity (Wildman–Crippen MR) is 104 cm³/mol. The van der Waals surface area contributed by atoms with Crippen molar-refractivity contribution in [1.82, 2.24) is 10.2 Å². The molecule has 1 aromatic carbocycles. The first-order valence-corrected chi connectivity index (χ1v) is 9.85. The summed E-state index contributed by atoms with van der Waals surface area (Å²) in [6.07, 6.45) is 2.56. The number of hydrogen-bond donors (Lipinski definition) is 1. The van der Waals surface area contributed by atoms with Crippen molar-refractivity contribution in [3.8, 4) is 11.5 Å². The molecular formula is C20H24N2O4S. The van der Waals surface area contributed by atoms with Crippen LogP contribution in [0.4, 0.5) is 0 Å². The number of rotatable bonds is 6. The second-order valence-corrected chi connectivity index (χ2v) is 7.34. The van der Waals surface area contributed by atoms with Gasteiger partial charge in [0.2, 0.25) is 5.91 Å². The number of benzene rings is 1. The van der Waals surface area contributed by atoms with Crippen LogP contribution in [0.15, 0.2) is 35.7 Å². The lowest BCUT2D eigenvalue weighted by atomic mass is 10.0. The number of amides is 2. The Morgan fingerprint density at radius 1 is 1.19 bits per heavy atom. The second-order valence-electron chi connectivity index (χ2n) is 6.39. The summed E-state index contributed by atoms with van der Waals surface area (Å²) in [6.45, 7) is 0.988. The zero-order valence-electron chi connectivity index (χ0n) is 15.6. The molecule has 6 nitrogen and oxygen atoms in total. The summed E-state index contributed by atoms with van der Waals surface area (Å²) >= 11 is 1.41. The fourth-order valence-corrected chi connectivity index (χ4v) is 3.97. The summed E-state index contributed by atoms with van der Waals surface area (Å²) in [5.74, 6) is 1.09. The fourth-order valence-electron chi connectivity index (χ4n) is 3.29. The first-order valence-electron chi connectivity index (χ1n) is 8.97. The van der Waals surface area contributed by atoms with Crippen molar-refractivity contribution in [2.24, 2.45) is 0 Å². The van der Waals surface area contributed by atoms with Gasteiger partial charge in [-0.05, 0) is 48.4 Å². The maximum Gasteiger partial charge on any atom is 0.264 e. The highest BCUT2D eigenvalue weighted by Gasteiger charge is 2.32. The maximum atomic E-state index is 12.8. The number of carbonyl (C=O) groups is 2. The molecule has 1 saturated heterocycles. The van der Waals surface area contributed by atoms with Crippen LogP contribution in [0.5, 0.6) is 11.5 Å². The van der Waals surface area contributed by atoms with E-state index >= 15 is 0 Å². The Kier molecular flexibility index (Phi) is 6.34. The van der Waals surface area contributed by atoms with E-state index in [9.17, 15) is 9.59 Å². The lowest BCUT2D eigenvalue weighted by molar-refractivity contribution is -0.126. The van der Waals surface area contributed by atoms with Crippen LogP contribution in [0, 0.1) is 0 Å². The van der Waals surface area contributed by atoms with Crippen LogP contribution in [-0.4, -0.2) is 43.5 Å². The first kappa shape index (κ1) is 19.2. The van der Waals surface area contributed by atoms with Crippen molar-refractivity contribution < 1.29 is 19.1 Å². The molecule has 0 bridgehead atoms. The van der Waals surface area contributed by atoms with E-state index in [1.165, 1.54) is 11.3 Å². The monoisotopic (exact) mass is 388 g/mol. The lowest BCUT2D eigenvalue weighted by Gasteiger charge is -2.34. The molecule has 2 aromatic rings. The molecule has 2 heterocycles. The summed E-state index contributed by atoms with van der Waals surface area (Å²) < 4.78 is 10.5. The highest BCUT2D eigenvalue weighted by molar-refractivity contribution is 7.12. The van der Waals surface area contributed by atoms with Crippen LogP contribution >= 0.6 is 11.3 Å². The normalized spacial score (nSPS) is 16.7. The van der Waals surface area contributed by atoms with Gasteiger partial charge in [0.05, 0.1) is 19.1 Å². The minimum Gasteiger partial charge on any atom is -0.493 e. The van der Waals surface area contributed by atoms with E-state index in [1.807, 2.05) is 29.6 Å². The van der Waals surface area contributed by atoms with Crippen LogP contribution in [0.3, 0.4) is 0 Å². The number of hydrogen-bond acceptors (Lipinski definition) is 5. The molecule has 1 fully saturated rings. The van der Waals surface area contributed by atoms with Gasteiger partial charge in [0.1, 0.15) is 6.04 Å². The summed E-state index contributed by atoms with van der Waals surface area (Å²) in [5, 5.41) is 4.84. The van der Waals surface area contributed by atoms with Crippen LogP contribution < -0.4 is 14.8 Å². The highest BCUT2D eigenvalue weighted by atomic mass is 32.1. The SMILES string of the molecule is COc1ccc(CNC(=O)C2CCCCN2C(=O)c2cccs2)cc1OC. The van der Waals surface area contributed by atoms with Gasteiger partial charge in [-0.1, -0.05) is 12.1 Å². The standard InChI is InChI=1S/C20H24N2O4S/c1-25-16-9-8-14(12-17(16)26-2)13-21-19(23)15-6-3-4-10-22(15)20(24)18-7-5-11-27-18/h5,7-9,11-12,15H,3-4,6,10,13H2,1-2H3,(H,21,23). The first-order chi connectivity index (χ1) is 13.1. The summed E-state index contributed by atoms with van der Waals surface area (Å²) in [6, 6.07) is 8.78. The van der Waals surface area contributed by atoms with Crippen LogP contribution in [0.1, 0.15) is 34.5 Å². The van der Waals surface area contributed by atoms with Gasteiger partial charge in [-0.25, -0.2) is 0 Å². The highest BCUT2D eigenvalue weighted by Crippen LogP contribution is 2.27. The number of nitrogens with one attached hydrogen (secondary N) is 1. The third-order valence-electron chi connectivity index (χ3n) is 4.71. The minimum atomic E-state index is -0.423. The van der Waals surface area contributed by atoms with Crippen LogP contribution in [0.25, 0.3) is 0 Å². The molecule has 2 amide bonds. The Balaban J connectivity index is 1.66. The average molecular weight is 388 g/mol. The summed E-state index contributed by atoms with van der Waals surface area (Å²) in [7, 11) is 3.16. The van der Waals surface area contributed by atoms with Crippen molar-refractivity contribution in [2.75, 3.05) is 20.8 Å². The molecule has 3 rings (SSSR count). The Labute approximate surface area is 163 Å². The second kappa shape index (κ2) is 8.90. The van der Waals surface area contributed by atoms with E-state index in [4.69, 9.17) is 9.47 Å². The summed E-state index contributed by atoms with van der Waals surface area (Å²) in [4.78, 5) is 27.9. The largest absolute Gasteiger partial charge is 0.493 e. The third-order valence-corrected chi connectivity index (χ3v) is 5.57. The van der Waals surface area contributed by atoms with E-state index in [2.05, 4.69) is 5.32 Å². The number of carbonyl (C=O) groups excluding carboxylic acids is 2. The van der Waals surface area contributed by atoms with Gasteiger partial charge in [-0.2, -0.15) is 0 Å². The maximum absolute atomic E-state index is 12.8. The Morgan fingerprint density at radius 2 is 2.00 bits per heavy atom. The zero-order chi connectivity index (χ0) is 19.2. The number of nitrogens with zero attached hydrogens (tertiary/aromatic N) is 1. The Hall–Kier alpha value is -2.54. The van der Waals surface area contributed by atoms with Gasteiger partial charge in [-0.15, -0.1) is 11.3 Å². The van der Waals surface area contributed by atoms with Crippen molar-refractivity contribution >= 4 is 23.2 Å². The van der Waals surface area contributed by atoms with Gasteiger partial charge >= 0.3 is 0 Å². The minimum absolute atomic E-state index is 0.0593. The number of ether oxygens (including phenoxy) is 2. The van der Waals surface area contributed by atoms with Gasteiger partial charge in [0, 0.05) is 13.1 Å². The molecule has 1 aromatic heterocycles. The molecule has 144 valence electrons. The van der Waals surface area contributed by atoms with Crippen molar-refractivity contribution in [2.45, 2.75) is 31.8 Å². The third kappa shape index (κ3) is 4.42. The predicted octanol–water partition coefficient (Wildman–Crippen LogP) is 3.08. The molecule has 0 spiro atoms. The molecule has 1 N–H and O–H groups in total. The molecule has 7 heteroatoms. The van der Waals surface area contributed by atoms with E-state index in [1.54, 1.807) is 25.2 Å². The number of likely N-dealkylation sites (tertiary alicyclic amines) is 1. The fraction of sp³-hybridized carbons (Fsp3) is 0.400. The van der Waals surface area contributed by atoms with Gasteiger partial charge < -0.3 is 19.7 Å². The van der Waals surface area contributed by atoms with Crippen LogP contribution in [0.2, 0.25) is 0 Å². The molecule has 1 aliphatic rings. The topological polar surface area (TPSA) is 67.9 Å². The molecule has 1 unspecified atom stereocenters. The van der Waals surface area contributed by atoms with E-state index < -0.39 is 6.04 Å². The van der Waals surface area contributed by atoms with Gasteiger partial charge in [0.25, 0.3) is 5.91 Å². The number of piperidine rings is 1. The quantitative estimate of drug-likeness (QED) is 0.826. The smallest absolute Gasteiger partial charge is 0.264 e. The number of methoxy groups -OCH3 is 2. The van der Waals surface area contributed by atoms with Crippen molar-refractivity contribution in [3.63, 3.8) is 0 Å². The van der Waals surface area contributed by atoms with Crippen LogP contribution in [-0.2, 0) is 11.3 Å². The molecule has 1 aliphatic heterocycles. The molecule has 0 aliphatic carbocycles. The van der Waals surface area contributed by atoms with E-state index in [0.29, 0.717) is 35.9 Å². The Morgan fingerprint density at radius 3 is 2.70 bits per heavy atom. The lowest BCUT2D eigenvalue weighted by Crippen LogP contribution is -2.51. The van der Waals surface area contributed by atoms with Gasteiger partial charge in [0.15, 0.2) is 11.5 Å².